The van der Waals surface area contributed by atoms with E-state index in [4.69, 9.17) is 9.47 Å². The monoisotopic (exact) mass is 259 g/mol. The van der Waals surface area contributed by atoms with Crippen LogP contribution in [0.2, 0.25) is 0 Å². The van der Waals surface area contributed by atoms with Crippen LogP contribution >= 0.6 is 0 Å². The molecule has 1 rings (SSSR count). The van der Waals surface area contributed by atoms with Gasteiger partial charge in [0.25, 0.3) is 0 Å². The minimum absolute atomic E-state index is 0.209. The Morgan fingerprint density at radius 2 is 1.82 bits per heavy atom. The van der Waals surface area contributed by atoms with E-state index in [0.29, 0.717) is 12.4 Å². The largest absolute Gasteiger partial charge is 0.497 e. The summed E-state index contributed by atoms with van der Waals surface area (Å²) in [4.78, 5) is 0.209. The number of hydrogen-bond donors (Lipinski definition) is 1. The molecule has 0 aliphatic heterocycles. The molecular formula is C11H17NO4S. The first-order chi connectivity index (χ1) is 7.99. The molecule has 1 atom stereocenters. The molecule has 17 heavy (non-hydrogen) atoms. The van der Waals surface area contributed by atoms with Crippen LogP contribution in [0, 0.1) is 0 Å². The van der Waals surface area contributed by atoms with Gasteiger partial charge in [-0.2, -0.15) is 0 Å². The predicted octanol–water partition coefficient (Wildman–Crippen LogP) is 1.01. The Morgan fingerprint density at radius 3 is 2.29 bits per heavy atom. The fourth-order valence-electron chi connectivity index (χ4n) is 1.37. The Labute approximate surface area is 102 Å². The van der Waals surface area contributed by atoms with Gasteiger partial charge in [0.05, 0.1) is 18.6 Å². The van der Waals surface area contributed by atoms with Crippen LogP contribution in [0.1, 0.15) is 6.92 Å². The van der Waals surface area contributed by atoms with Gasteiger partial charge in [0.2, 0.25) is 10.0 Å². The van der Waals surface area contributed by atoms with E-state index in [9.17, 15) is 8.42 Å². The molecule has 0 aromatic heterocycles. The third-order valence-electron chi connectivity index (χ3n) is 2.14. The van der Waals surface area contributed by atoms with Crippen LogP contribution in [-0.2, 0) is 14.8 Å². The van der Waals surface area contributed by atoms with Crippen LogP contribution in [0.3, 0.4) is 0 Å². The standard InChI is InChI=1S/C11H17NO4S/c1-9(8-15-2)12-17(13,14)11-6-4-10(16-3)5-7-11/h4-7,9,12H,8H2,1-3H3/t9-/m1/s1. The van der Waals surface area contributed by atoms with E-state index < -0.39 is 10.0 Å². The molecule has 0 spiro atoms. The maximum Gasteiger partial charge on any atom is 0.240 e. The summed E-state index contributed by atoms with van der Waals surface area (Å²) in [5.74, 6) is 0.619. The van der Waals surface area contributed by atoms with Crippen molar-refractivity contribution < 1.29 is 17.9 Å². The molecule has 0 heterocycles. The highest BCUT2D eigenvalue weighted by atomic mass is 32.2. The third-order valence-corrected chi connectivity index (χ3v) is 3.75. The number of methoxy groups -OCH3 is 2. The lowest BCUT2D eigenvalue weighted by Gasteiger charge is -2.13. The van der Waals surface area contributed by atoms with E-state index in [0.717, 1.165) is 0 Å². The topological polar surface area (TPSA) is 64.6 Å². The number of hydrogen-bond acceptors (Lipinski definition) is 4. The van der Waals surface area contributed by atoms with Gasteiger partial charge in [-0.05, 0) is 31.2 Å². The van der Waals surface area contributed by atoms with E-state index in [2.05, 4.69) is 4.72 Å². The molecule has 1 N–H and O–H groups in total. The van der Waals surface area contributed by atoms with Crippen molar-refractivity contribution in [3.63, 3.8) is 0 Å². The van der Waals surface area contributed by atoms with Gasteiger partial charge in [-0.15, -0.1) is 0 Å². The SMILES string of the molecule is COC[C@@H](C)NS(=O)(=O)c1ccc(OC)cc1. The van der Waals surface area contributed by atoms with Gasteiger partial charge in [-0.25, -0.2) is 13.1 Å². The number of ether oxygens (including phenoxy) is 2. The second-order valence-corrected chi connectivity index (χ2v) is 5.37. The fourth-order valence-corrected chi connectivity index (χ4v) is 2.60. The fraction of sp³-hybridized carbons (Fsp3) is 0.455. The minimum Gasteiger partial charge on any atom is -0.497 e. The van der Waals surface area contributed by atoms with Crippen molar-refractivity contribution in [1.29, 1.82) is 0 Å². The molecule has 0 aliphatic rings. The summed E-state index contributed by atoms with van der Waals surface area (Å²) in [6, 6.07) is 5.94. The molecule has 96 valence electrons. The summed E-state index contributed by atoms with van der Waals surface area (Å²) in [5.41, 5.74) is 0. The average molecular weight is 259 g/mol. The number of benzene rings is 1. The van der Waals surface area contributed by atoms with Crippen LogP contribution in [0.25, 0.3) is 0 Å². The minimum atomic E-state index is -3.49. The Kier molecular flexibility index (Phi) is 4.92. The molecule has 0 radical (unpaired) electrons. The summed E-state index contributed by atoms with van der Waals surface area (Å²) < 4.78 is 36.2. The molecule has 6 heteroatoms. The van der Waals surface area contributed by atoms with Crippen LogP contribution in [0.15, 0.2) is 29.2 Å². The number of nitrogens with one attached hydrogen (secondary N) is 1. The van der Waals surface area contributed by atoms with Gasteiger partial charge in [0.15, 0.2) is 0 Å². The second-order valence-electron chi connectivity index (χ2n) is 3.65. The van der Waals surface area contributed by atoms with E-state index in [1.807, 2.05) is 0 Å². The zero-order valence-corrected chi connectivity index (χ0v) is 11.0. The van der Waals surface area contributed by atoms with E-state index in [1.165, 1.54) is 26.4 Å². The van der Waals surface area contributed by atoms with Crippen molar-refractivity contribution in [2.45, 2.75) is 17.9 Å². The molecule has 1 aromatic rings. The van der Waals surface area contributed by atoms with Gasteiger partial charge in [0, 0.05) is 13.2 Å². The Hall–Kier alpha value is -1.11. The van der Waals surface area contributed by atoms with Crippen LogP contribution < -0.4 is 9.46 Å². The lowest BCUT2D eigenvalue weighted by atomic mass is 10.3. The first-order valence-electron chi connectivity index (χ1n) is 5.15. The van der Waals surface area contributed by atoms with Crippen LogP contribution in [-0.4, -0.2) is 35.3 Å². The number of rotatable bonds is 6. The first kappa shape index (κ1) is 14.0. The summed E-state index contributed by atoms with van der Waals surface area (Å²) in [6.45, 7) is 2.07. The van der Waals surface area contributed by atoms with Crippen molar-refractivity contribution in [3.8, 4) is 5.75 Å². The highest BCUT2D eigenvalue weighted by Gasteiger charge is 2.16. The molecule has 5 nitrogen and oxygen atoms in total. The zero-order chi connectivity index (χ0) is 12.9. The van der Waals surface area contributed by atoms with Crippen molar-refractivity contribution in [2.75, 3.05) is 20.8 Å². The molecular weight excluding hydrogens is 242 g/mol. The van der Waals surface area contributed by atoms with Gasteiger partial charge in [-0.3, -0.25) is 0 Å². The smallest absolute Gasteiger partial charge is 0.240 e. The zero-order valence-electron chi connectivity index (χ0n) is 10.1. The lowest BCUT2D eigenvalue weighted by molar-refractivity contribution is 0.180. The maximum atomic E-state index is 11.9. The molecule has 0 unspecified atom stereocenters. The van der Waals surface area contributed by atoms with Gasteiger partial charge in [0.1, 0.15) is 5.75 Å². The second kappa shape index (κ2) is 6.00. The van der Waals surface area contributed by atoms with Crippen LogP contribution in [0.5, 0.6) is 5.75 Å². The highest BCUT2D eigenvalue weighted by molar-refractivity contribution is 7.89. The van der Waals surface area contributed by atoms with Crippen molar-refractivity contribution in [2.24, 2.45) is 0 Å². The van der Waals surface area contributed by atoms with Crippen LogP contribution in [0.4, 0.5) is 0 Å². The summed E-state index contributed by atoms with van der Waals surface area (Å²) >= 11 is 0. The number of sulfonamides is 1. The maximum absolute atomic E-state index is 11.9. The summed E-state index contributed by atoms with van der Waals surface area (Å²) in [5, 5.41) is 0. The Bertz CT molecular complexity index is 441. The molecule has 0 fully saturated rings. The van der Waals surface area contributed by atoms with Crippen molar-refractivity contribution in [3.05, 3.63) is 24.3 Å². The third kappa shape index (κ3) is 3.99. The highest BCUT2D eigenvalue weighted by Crippen LogP contribution is 2.15. The van der Waals surface area contributed by atoms with Crippen molar-refractivity contribution in [1.82, 2.24) is 4.72 Å². The molecule has 0 saturated carbocycles. The van der Waals surface area contributed by atoms with Crippen molar-refractivity contribution >= 4 is 10.0 Å². The molecule has 0 amide bonds. The van der Waals surface area contributed by atoms with Gasteiger partial charge in [-0.1, -0.05) is 0 Å². The average Bonchev–Trinajstić information content (AvgIpc) is 2.28. The summed E-state index contributed by atoms with van der Waals surface area (Å²) in [7, 11) is -0.436. The molecule has 1 aromatic carbocycles. The Balaban J connectivity index is 2.82. The van der Waals surface area contributed by atoms with Gasteiger partial charge < -0.3 is 9.47 Å². The summed E-state index contributed by atoms with van der Waals surface area (Å²) in [6.07, 6.45) is 0. The predicted molar refractivity (Wildman–Crippen MR) is 64.7 cm³/mol. The molecule has 0 bridgehead atoms. The quantitative estimate of drug-likeness (QED) is 0.828. The van der Waals surface area contributed by atoms with Gasteiger partial charge >= 0.3 is 0 Å². The molecule has 0 aliphatic carbocycles. The first-order valence-corrected chi connectivity index (χ1v) is 6.63. The van der Waals surface area contributed by atoms with E-state index >= 15 is 0 Å². The van der Waals surface area contributed by atoms with E-state index in [1.54, 1.807) is 19.1 Å². The Morgan fingerprint density at radius 1 is 1.24 bits per heavy atom. The van der Waals surface area contributed by atoms with E-state index in [-0.39, 0.29) is 10.9 Å². The molecule has 0 saturated heterocycles. The lowest BCUT2D eigenvalue weighted by Crippen LogP contribution is -2.35. The normalized spacial score (nSPS) is 13.4.